The molecule has 1 atom stereocenters. The van der Waals surface area contributed by atoms with Crippen LogP contribution in [0, 0.1) is 0 Å². The summed E-state index contributed by atoms with van der Waals surface area (Å²) in [6.07, 6.45) is 1.42. The molecule has 2 N–H and O–H groups in total. The number of hydrogen-bond acceptors (Lipinski definition) is 7. The number of halogens is 2. The molecule has 0 fully saturated rings. The summed E-state index contributed by atoms with van der Waals surface area (Å²) < 4.78 is 11.1. The van der Waals surface area contributed by atoms with Crippen molar-refractivity contribution >= 4 is 47.0 Å². The standard InChI is InChI=1S/C28H30Cl2N4O6/c1-28(2,3)40-27(38)34(4)22-10-5-7-18(32-22)13-14-39-23-12-11-17(16-31-23)15-21(26(36)37)33-25(35)24-19(29)8-6-9-20(24)30/h5-12,16,21H,13-15H2,1-4H3,(H,33,35)(H,36,37)/t21-/m0/s1. The molecule has 12 heteroatoms. The Morgan fingerprint density at radius 1 is 1.05 bits per heavy atom. The van der Waals surface area contributed by atoms with Gasteiger partial charge in [-0.1, -0.05) is 41.4 Å². The van der Waals surface area contributed by atoms with Crippen LogP contribution >= 0.6 is 23.2 Å². The van der Waals surface area contributed by atoms with Gasteiger partial charge < -0.3 is 19.9 Å². The minimum Gasteiger partial charge on any atom is -0.480 e. The van der Waals surface area contributed by atoms with Crippen molar-refractivity contribution in [2.45, 2.75) is 45.3 Å². The van der Waals surface area contributed by atoms with Gasteiger partial charge in [0.05, 0.1) is 22.2 Å². The highest BCUT2D eigenvalue weighted by Gasteiger charge is 2.24. The number of carbonyl (C=O) groups excluding carboxylic acids is 2. The van der Waals surface area contributed by atoms with Gasteiger partial charge in [0.25, 0.3) is 5.91 Å². The summed E-state index contributed by atoms with van der Waals surface area (Å²) in [7, 11) is 1.59. The number of benzene rings is 1. The zero-order valence-corrected chi connectivity index (χ0v) is 24.0. The summed E-state index contributed by atoms with van der Waals surface area (Å²) in [6, 6.07) is 12.0. The molecule has 0 saturated heterocycles. The van der Waals surface area contributed by atoms with Crippen LogP contribution in [0.5, 0.6) is 5.88 Å². The minimum atomic E-state index is -1.23. The van der Waals surface area contributed by atoms with Crippen LogP contribution in [-0.2, 0) is 22.4 Å². The van der Waals surface area contributed by atoms with E-state index >= 15 is 0 Å². The Hall–Kier alpha value is -3.89. The first-order chi connectivity index (χ1) is 18.8. The fourth-order valence-corrected chi connectivity index (χ4v) is 4.04. The van der Waals surface area contributed by atoms with Crippen molar-refractivity contribution in [2.75, 3.05) is 18.6 Å². The van der Waals surface area contributed by atoms with E-state index in [1.54, 1.807) is 58.2 Å². The largest absolute Gasteiger partial charge is 0.480 e. The van der Waals surface area contributed by atoms with E-state index in [-0.39, 0.29) is 28.6 Å². The number of aromatic nitrogens is 2. The number of nitrogens with one attached hydrogen (secondary N) is 1. The van der Waals surface area contributed by atoms with Crippen LogP contribution in [0.15, 0.2) is 54.7 Å². The first-order valence-corrected chi connectivity index (χ1v) is 13.1. The monoisotopic (exact) mass is 588 g/mol. The van der Waals surface area contributed by atoms with Crippen LogP contribution < -0.4 is 15.0 Å². The molecule has 2 amide bonds. The summed E-state index contributed by atoms with van der Waals surface area (Å²) in [6.45, 7) is 5.65. The van der Waals surface area contributed by atoms with Gasteiger partial charge in [-0.3, -0.25) is 9.69 Å². The SMILES string of the molecule is CN(C(=O)OC(C)(C)C)c1cccc(CCOc2ccc(C[C@H](NC(=O)c3c(Cl)cccc3Cl)C(=O)O)cn2)n1. The molecule has 40 heavy (non-hydrogen) atoms. The molecule has 0 aliphatic carbocycles. The molecule has 0 unspecified atom stereocenters. The van der Waals surface area contributed by atoms with Crippen LogP contribution in [-0.4, -0.2) is 58.3 Å². The van der Waals surface area contributed by atoms with Gasteiger partial charge in [0, 0.05) is 37.8 Å². The maximum Gasteiger partial charge on any atom is 0.415 e. The van der Waals surface area contributed by atoms with Crippen LogP contribution in [0.2, 0.25) is 10.0 Å². The molecule has 0 spiro atoms. The third kappa shape index (κ3) is 8.82. The molecule has 0 bridgehead atoms. The first kappa shape index (κ1) is 30.6. The molecule has 212 valence electrons. The molecule has 3 aromatic rings. The summed E-state index contributed by atoms with van der Waals surface area (Å²) in [5.41, 5.74) is 0.676. The van der Waals surface area contributed by atoms with Gasteiger partial charge in [-0.15, -0.1) is 0 Å². The second-order valence-corrected chi connectivity index (χ2v) is 10.6. The van der Waals surface area contributed by atoms with E-state index in [9.17, 15) is 19.5 Å². The molecule has 10 nitrogen and oxygen atoms in total. The van der Waals surface area contributed by atoms with E-state index in [0.29, 0.717) is 29.4 Å². The van der Waals surface area contributed by atoms with Gasteiger partial charge in [-0.2, -0.15) is 0 Å². The molecule has 0 aliphatic rings. The summed E-state index contributed by atoms with van der Waals surface area (Å²) in [5.74, 6) is -1.12. The number of pyridine rings is 2. The van der Waals surface area contributed by atoms with E-state index in [1.807, 2.05) is 6.07 Å². The lowest BCUT2D eigenvalue weighted by Crippen LogP contribution is -2.42. The normalized spacial score (nSPS) is 11.8. The van der Waals surface area contributed by atoms with Crippen molar-refractivity contribution in [2.24, 2.45) is 0 Å². The zero-order valence-electron chi connectivity index (χ0n) is 22.5. The molecule has 3 rings (SSSR count). The first-order valence-electron chi connectivity index (χ1n) is 12.3. The van der Waals surface area contributed by atoms with E-state index < -0.39 is 29.6 Å². The van der Waals surface area contributed by atoms with Crippen LogP contribution in [0.1, 0.15) is 42.4 Å². The van der Waals surface area contributed by atoms with Crippen molar-refractivity contribution < 1.29 is 29.0 Å². The van der Waals surface area contributed by atoms with Crippen molar-refractivity contribution in [1.82, 2.24) is 15.3 Å². The third-order valence-corrected chi connectivity index (χ3v) is 6.07. The maximum absolute atomic E-state index is 12.6. The van der Waals surface area contributed by atoms with E-state index in [4.69, 9.17) is 32.7 Å². The molecule has 2 heterocycles. The number of carboxylic acid groups (broad SMARTS) is 1. The molecule has 2 aromatic heterocycles. The summed E-state index contributed by atoms with van der Waals surface area (Å²) in [5, 5.41) is 12.3. The van der Waals surface area contributed by atoms with Gasteiger partial charge in [0.1, 0.15) is 17.5 Å². The van der Waals surface area contributed by atoms with Gasteiger partial charge >= 0.3 is 12.1 Å². The second kappa shape index (κ2) is 13.5. The Balaban J connectivity index is 1.55. The summed E-state index contributed by atoms with van der Waals surface area (Å²) >= 11 is 12.1. The van der Waals surface area contributed by atoms with Crippen LogP contribution in [0.25, 0.3) is 0 Å². The van der Waals surface area contributed by atoms with Gasteiger partial charge in [-0.05, 0) is 50.6 Å². The number of amides is 2. The van der Waals surface area contributed by atoms with Crippen LogP contribution in [0.3, 0.4) is 0 Å². The van der Waals surface area contributed by atoms with Crippen molar-refractivity contribution in [3.63, 3.8) is 0 Å². The lowest BCUT2D eigenvalue weighted by Gasteiger charge is -2.24. The fraction of sp³-hybridized carbons (Fsp3) is 0.321. The van der Waals surface area contributed by atoms with E-state index in [0.717, 1.165) is 0 Å². The Morgan fingerprint density at radius 3 is 2.33 bits per heavy atom. The Morgan fingerprint density at radius 2 is 1.73 bits per heavy atom. The predicted molar refractivity (Wildman–Crippen MR) is 151 cm³/mol. The number of anilines is 1. The lowest BCUT2D eigenvalue weighted by atomic mass is 10.1. The number of aliphatic carboxylic acids is 1. The van der Waals surface area contributed by atoms with Gasteiger partial charge in [-0.25, -0.2) is 19.6 Å². The smallest absolute Gasteiger partial charge is 0.415 e. The number of rotatable bonds is 10. The molecule has 0 aliphatic heterocycles. The second-order valence-electron chi connectivity index (χ2n) is 9.79. The topological polar surface area (TPSA) is 131 Å². The molecule has 1 aromatic carbocycles. The number of nitrogens with zero attached hydrogens (tertiary/aromatic N) is 3. The van der Waals surface area contributed by atoms with E-state index in [1.165, 1.54) is 23.2 Å². The highest BCUT2D eigenvalue weighted by molar-refractivity contribution is 6.39. The average molecular weight is 589 g/mol. The fourth-order valence-electron chi connectivity index (χ4n) is 3.48. The predicted octanol–water partition coefficient (Wildman–Crippen LogP) is 5.20. The number of carboxylic acids is 1. The van der Waals surface area contributed by atoms with Crippen LogP contribution in [0.4, 0.5) is 10.6 Å². The van der Waals surface area contributed by atoms with Crippen molar-refractivity contribution in [3.8, 4) is 5.88 Å². The third-order valence-electron chi connectivity index (χ3n) is 5.44. The molecule has 0 radical (unpaired) electrons. The Kier molecular flexibility index (Phi) is 10.3. The molecular formula is C28H30Cl2N4O6. The highest BCUT2D eigenvalue weighted by atomic mass is 35.5. The van der Waals surface area contributed by atoms with Gasteiger partial charge in [0.2, 0.25) is 5.88 Å². The van der Waals surface area contributed by atoms with Crippen molar-refractivity contribution in [3.05, 3.63) is 81.6 Å². The number of carbonyl (C=O) groups is 3. The Bertz CT molecular complexity index is 1340. The number of hydrogen-bond donors (Lipinski definition) is 2. The lowest BCUT2D eigenvalue weighted by molar-refractivity contribution is -0.139. The van der Waals surface area contributed by atoms with Gasteiger partial charge in [0.15, 0.2) is 0 Å². The Labute approximate surface area is 242 Å². The van der Waals surface area contributed by atoms with Crippen molar-refractivity contribution in [1.29, 1.82) is 0 Å². The highest BCUT2D eigenvalue weighted by Crippen LogP contribution is 2.24. The summed E-state index contributed by atoms with van der Waals surface area (Å²) in [4.78, 5) is 46.8. The maximum atomic E-state index is 12.6. The number of ether oxygens (including phenoxy) is 2. The zero-order chi connectivity index (χ0) is 29.4. The molecule has 0 saturated carbocycles. The quantitative estimate of drug-likeness (QED) is 0.330. The molecular weight excluding hydrogens is 559 g/mol. The van der Waals surface area contributed by atoms with E-state index in [2.05, 4.69) is 15.3 Å². The average Bonchev–Trinajstić information content (AvgIpc) is 2.88. The minimum absolute atomic E-state index is 0.00969.